The maximum absolute atomic E-state index is 12.8. The number of phenols is 1. The van der Waals surface area contributed by atoms with E-state index in [0.717, 1.165) is 6.26 Å². The summed E-state index contributed by atoms with van der Waals surface area (Å²) in [6.07, 6.45) is 1.02. The van der Waals surface area contributed by atoms with Crippen LogP contribution in [0.5, 0.6) is 5.75 Å². The Balaban J connectivity index is 3.01. The maximum Gasteiger partial charge on any atom is 0.183 e. The molecule has 7 heteroatoms. The van der Waals surface area contributed by atoms with E-state index >= 15 is 0 Å². The van der Waals surface area contributed by atoms with Crippen LogP contribution in [0.3, 0.4) is 0 Å². The molecule has 0 heterocycles. The largest absolute Gasteiger partial charge is 0.508 e. The van der Waals surface area contributed by atoms with Gasteiger partial charge in [-0.15, -0.1) is 0 Å². The van der Waals surface area contributed by atoms with Crippen LogP contribution in [0, 0.1) is 0 Å². The Morgan fingerprint density at radius 2 is 1.55 bits per heavy atom. The van der Waals surface area contributed by atoms with Gasteiger partial charge in [-0.1, -0.05) is 0 Å². The molecule has 120 valence electrons. The number of fused-ring (bicyclic) bond motifs is 1. The van der Waals surface area contributed by atoms with Crippen LogP contribution in [-0.4, -0.2) is 32.9 Å². The predicted octanol–water partition coefficient (Wildman–Crippen LogP) is 2.52. The minimum Gasteiger partial charge on any atom is -0.508 e. The standard InChI is InChI=1S/C15H18O5S2/c1-15(2,3)22(19,20)14-9-12(21(4,17)18)8-10-7-11(16)5-6-13(10)14/h5-9,16H,1-4H3. The van der Waals surface area contributed by atoms with Gasteiger partial charge in [0.15, 0.2) is 19.7 Å². The van der Waals surface area contributed by atoms with E-state index in [9.17, 15) is 21.9 Å². The molecule has 0 amide bonds. The smallest absolute Gasteiger partial charge is 0.183 e. The van der Waals surface area contributed by atoms with Crippen molar-refractivity contribution >= 4 is 30.4 Å². The number of rotatable bonds is 2. The molecule has 0 saturated carbocycles. The lowest BCUT2D eigenvalue weighted by Gasteiger charge is -2.21. The van der Waals surface area contributed by atoms with Crippen LogP contribution in [0.25, 0.3) is 10.8 Å². The maximum atomic E-state index is 12.8. The highest BCUT2D eigenvalue weighted by molar-refractivity contribution is 7.93. The molecule has 0 spiro atoms. The molecule has 0 saturated heterocycles. The SMILES string of the molecule is CC(C)(C)S(=O)(=O)c1cc(S(C)(=O)=O)cc2cc(O)ccc12. The topological polar surface area (TPSA) is 88.5 Å². The molecule has 0 aliphatic rings. The molecular formula is C15H18O5S2. The van der Waals surface area contributed by atoms with Crippen LogP contribution in [0.1, 0.15) is 20.8 Å². The van der Waals surface area contributed by atoms with Crippen molar-refractivity contribution in [1.29, 1.82) is 0 Å². The normalized spacial score (nSPS) is 13.5. The van der Waals surface area contributed by atoms with Crippen LogP contribution in [-0.2, 0) is 19.7 Å². The Hall–Kier alpha value is -1.60. The number of hydrogen-bond acceptors (Lipinski definition) is 5. The Kier molecular flexibility index (Phi) is 3.78. The van der Waals surface area contributed by atoms with E-state index in [1.165, 1.54) is 30.3 Å². The average Bonchev–Trinajstić information content (AvgIpc) is 2.34. The second-order valence-electron chi connectivity index (χ2n) is 6.21. The highest BCUT2D eigenvalue weighted by atomic mass is 32.2. The molecule has 0 atom stereocenters. The van der Waals surface area contributed by atoms with Gasteiger partial charge in [0.2, 0.25) is 0 Å². The second kappa shape index (κ2) is 4.96. The van der Waals surface area contributed by atoms with Crippen LogP contribution in [0.2, 0.25) is 0 Å². The average molecular weight is 342 g/mol. The van der Waals surface area contributed by atoms with Gasteiger partial charge in [0.1, 0.15) is 5.75 Å². The van der Waals surface area contributed by atoms with Gasteiger partial charge in [0.25, 0.3) is 0 Å². The summed E-state index contributed by atoms with van der Waals surface area (Å²) >= 11 is 0. The van der Waals surface area contributed by atoms with Gasteiger partial charge in [-0.25, -0.2) is 16.8 Å². The molecule has 5 nitrogen and oxygen atoms in total. The van der Waals surface area contributed by atoms with E-state index in [4.69, 9.17) is 0 Å². The summed E-state index contributed by atoms with van der Waals surface area (Å²) in [5.41, 5.74) is 0. The summed E-state index contributed by atoms with van der Waals surface area (Å²) in [5.74, 6) is -0.0581. The van der Waals surface area contributed by atoms with E-state index in [2.05, 4.69) is 0 Å². The number of benzene rings is 2. The molecule has 0 radical (unpaired) electrons. The second-order valence-corrected chi connectivity index (χ2v) is 10.9. The molecule has 2 aromatic rings. The zero-order valence-electron chi connectivity index (χ0n) is 12.8. The van der Waals surface area contributed by atoms with E-state index in [1.807, 2.05) is 0 Å². The van der Waals surface area contributed by atoms with Crippen molar-refractivity contribution in [2.24, 2.45) is 0 Å². The first kappa shape index (κ1) is 16.8. The lowest BCUT2D eigenvalue weighted by molar-refractivity contribution is 0.476. The van der Waals surface area contributed by atoms with Crippen LogP contribution >= 0.6 is 0 Å². The van der Waals surface area contributed by atoms with E-state index in [-0.39, 0.29) is 15.5 Å². The summed E-state index contributed by atoms with van der Waals surface area (Å²) in [4.78, 5) is -0.133. The van der Waals surface area contributed by atoms with E-state index < -0.39 is 24.4 Å². The molecule has 0 bridgehead atoms. The quantitative estimate of drug-likeness (QED) is 0.906. The fraction of sp³-hybridized carbons (Fsp3) is 0.333. The zero-order valence-corrected chi connectivity index (χ0v) is 14.4. The van der Waals surface area contributed by atoms with Gasteiger partial charge in [-0.05, 0) is 56.5 Å². The van der Waals surface area contributed by atoms with Crippen LogP contribution in [0.4, 0.5) is 0 Å². The first-order chi connectivity index (χ1) is 9.84. The number of hydrogen-bond donors (Lipinski definition) is 1. The summed E-state index contributed by atoms with van der Waals surface area (Å²) in [5, 5.41) is 10.3. The van der Waals surface area contributed by atoms with Gasteiger partial charge < -0.3 is 5.11 Å². The number of sulfone groups is 2. The summed E-state index contributed by atoms with van der Waals surface area (Å²) in [7, 11) is -7.33. The van der Waals surface area contributed by atoms with E-state index in [0.29, 0.717) is 10.8 Å². The third kappa shape index (κ3) is 2.83. The zero-order chi connectivity index (χ0) is 16.9. The molecule has 22 heavy (non-hydrogen) atoms. The highest BCUT2D eigenvalue weighted by Crippen LogP contribution is 2.34. The lowest BCUT2D eigenvalue weighted by atomic mass is 10.1. The Bertz CT molecular complexity index is 949. The van der Waals surface area contributed by atoms with Crippen molar-refractivity contribution in [1.82, 2.24) is 0 Å². The minimum atomic E-state index is -3.74. The van der Waals surface area contributed by atoms with Gasteiger partial charge in [0.05, 0.1) is 14.5 Å². The van der Waals surface area contributed by atoms with Crippen molar-refractivity contribution in [2.45, 2.75) is 35.3 Å². The fourth-order valence-corrected chi connectivity index (χ4v) is 4.23. The van der Waals surface area contributed by atoms with Crippen LogP contribution < -0.4 is 0 Å². The third-order valence-corrected chi connectivity index (χ3v) is 7.02. The van der Waals surface area contributed by atoms with Gasteiger partial charge in [-0.3, -0.25) is 0 Å². The Morgan fingerprint density at radius 1 is 0.955 bits per heavy atom. The highest BCUT2D eigenvalue weighted by Gasteiger charge is 2.33. The monoisotopic (exact) mass is 342 g/mol. The van der Waals surface area contributed by atoms with Gasteiger partial charge >= 0.3 is 0 Å². The fourth-order valence-electron chi connectivity index (χ4n) is 2.06. The molecule has 0 fully saturated rings. The van der Waals surface area contributed by atoms with Crippen molar-refractivity contribution in [3.05, 3.63) is 30.3 Å². The summed E-state index contributed by atoms with van der Waals surface area (Å²) in [6, 6.07) is 6.77. The number of phenolic OH excluding ortho intramolecular Hbond substituents is 1. The van der Waals surface area contributed by atoms with Gasteiger partial charge in [-0.2, -0.15) is 0 Å². The molecule has 0 aliphatic carbocycles. The van der Waals surface area contributed by atoms with Gasteiger partial charge in [0, 0.05) is 11.6 Å². The molecular weight excluding hydrogens is 324 g/mol. The molecule has 1 N–H and O–H groups in total. The predicted molar refractivity (Wildman–Crippen MR) is 85.7 cm³/mol. The Morgan fingerprint density at radius 3 is 2.05 bits per heavy atom. The number of aromatic hydroxyl groups is 1. The van der Waals surface area contributed by atoms with Crippen molar-refractivity contribution in [3.63, 3.8) is 0 Å². The molecule has 2 aromatic carbocycles. The van der Waals surface area contributed by atoms with E-state index in [1.54, 1.807) is 20.8 Å². The van der Waals surface area contributed by atoms with Crippen molar-refractivity contribution in [2.75, 3.05) is 6.26 Å². The third-order valence-electron chi connectivity index (χ3n) is 3.40. The summed E-state index contributed by atoms with van der Waals surface area (Å²) < 4.78 is 48.1. The van der Waals surface area contributed by atoms with Crippen molar-refractivity contribution < 1.29 is 21.9 Å². The lowest BCUT2D eigenvalue weighted by Crippen LogP contribution is -2.28. The Labute approximate surface area is 130 Å². The van der Waals surface area contributed by atoms with Crippen LogP contribution in [0.15, 0.2) is 40.1 Å². The first-order valence-corrected chi connectivity index (χ1v) is 9.93. The minimum absolute atomic E-state index is 0.0436. The molecule has 0 aromatic heterocycles. The molecule has 0 aliphatic heterocycles. The molecule has 0 unspecified atom stereocenters. The molecule has 2 rings (SSSR count). The van der Waals surface area contributed by atoms with Crippen molar-refractivity contribution in [3.8, 4) is 5.75 Å². The first-order valence-electron chi connectivity index (χ1n) is 6.55. The summed E-state index contributed by atoms with van der Waals surface area (Å²) in [6.45, 7) is 4.67.